The van der Waals surface area contributed by atoms with Crippen LogP contribution in [0, 0.1) is 5.92 Å². The fraction of sp³-hybridized carbons (Fsp3) is 0.667. The Labute approximate surface area is 143 Å². The SMILES string of the molecule is CN(CC(=O)c1ccco1)CC1CCN(C(=O)OC(C)(C)C)CC1. The summed E-state index contributed by atoms with van der Waals surface area (Å²) < 4.78 is 10.5. The first-order valence-corrected chi connectivity index (χ1v) is 8.48. The summed E-state index contributed by atoms with van der Waals surface area (Å²) in [6.45, 7) is 8.24. The van der Waals surface area contributed by atoms with Gasteiger partial charge in [0, 0.05) is 19.6 Å². The van der Waals surface area contributed by atoms with E-state index in [1.54, 1.807) is 17.0 Å². The van der Waals surface area contributed by atoms with Gasteiger partial charge in [0.15, 0.2) is 5.76 Å². The Kier molecular flexibility index (Phi) is 6.04. The van der Waals surface area contributed by atoms with Crippen LogP contribution in [0.25, 0.3) is 0 Å². The van der Waals surface area contributed by atoms with E-state index < -0.39 is 5.60 Å². The Balaban J connectivity index is 1.72. The molecule has 6 nitrogen and oxygen atoms in total. The summed E-state index contributed by atoms with van der Waals surface area (Å²) in [6.07, 6.45) is 3.14. The minimum Gasteiger partial charge on any atom is -0.461 e. The van der Waals surface area contributed by atoms with Crippen molar-refractivity contribution in [2.24, 2.45) is 5.92 Å². The van der Waals surface area contributed by atoms with E-state index in [4.69, 9.17) is 9.15 Å². The molecule has 0 aromatic carbocycles. The summed E-state index contributed by atoms with van der Waals surface area (Å²) in [5.74, 6) is 0.883. The second kappa shape index (κ2) is 7.83. The molecule has 0 radical (unpaired) electrons. The lowest BCUT2D eigenvalue weighted by Crippen LogP contribution is -2.43. The van der Waals surface area contributed by atoms with Crippen LogP contribution in [0.1, 0.15) is 44.2 Å². The molecule has 1 aliphatic heterocycles. The summed E-state index contributed by atoms with van der Waals surface area (Å²) in [7, 11) is 1.95. The van der Waals surface area contributed by atoms with E-state index in [1.165, 1.54) is 6.26 Å². The lowest BCUT2D eigenvalue weighted by molar-refractivity contribution is 0.0174. The summed E-state index contributed by atoms with van der Waals surface area (Å²) in [6, 6.07) is 3.41. The fourth-order valence-corrected chi connectivity index (χ4v) is 2.89. The molecule has 1 amide bonds. The van der Waals surface area contributed by atoms with Gasteiger partial charge in [-0.05, 0) is 58.7 Å². The number of likely N-dealkylation sites (tertiary alicyclic amines) is 1. The van der Waals surface area contributed by atoms with Gasteiger partial charge in [-0.3, -0.25) is 9.69 Å². The second-order valence-electron chi connectivity index (χ2n) is 7.51. The van der Waals surface area contributed by atoms with Gasteiger partial charge in [-0.1, -0.05) is 0 Å². The lowest BCUT2D eigenvalue weighted by atomic mass is 9.96. The standard InChI is InChI=1S/C18H28N2O4/c1-18(2,3)24-17(22)20-9-7-14(8-10-20)12-19(4)13-15(21)16-6-5-11-23-16/h5-6,11,14H,7-10,12-13H2,1-4H3. The highest BCUT2D eigenvalue weighted by Crippen LogP contribution is 2.20. The Morgan fingerprint density at radius 3 is 2.54 bits per heavy atom. The molecule has 0 N–H and O–H groups in total. The maximum absolute atomic E-state index is 12.1. The van der Waals surface area contributed by atoms with Crippen LogP contribution in [0.2, 0.25) is 0 Å². The molecular weight excluding hydrogens is 308 g/mol. The minimum absolute atomic E-state index is 0.00584. The zero-order chi connectivity index (χ0) is 17.7. The summed E-state index contributed by atoms with van der Waals surface area (Å²) in [4.78, 5) is 27.9. The predicted molar refractivity (Wildman–Crippen MR) is 91.1 cm³/mol. The number of piperidine rings is 1. The van der Waals surface area contributed by atoms with Gasteiger partial charge in [-0.25, -0.2) is 4.79 Å². The number of hydrogen-bond donors (Lipinski definition) is 0. The van der Waals surface area contributed by atoms with Gasteiger partial charge < -0.3 is 14.1 Å². The van der Waals surface area contributed by atoms with Crippen LogP contribution in [0.15, 0.2) is 22.8 Å². The Hall–Kier alpha value is -1.82. The molecule has 0 unspecified atom stereocenters. The summed E-state index contributed by atoms with van der Waals surface area (Å²) in [5, 5.41) is 0. The Morgan fingerprint density at radius 2 is 2.00 bits per heavy atom. The number of furan rings is 1. The molecule has 6 heteroatoms. The average molecular weight is 336 g/mol. The van der Waals surface area contributed by atoms with Crippen LogP contribution in [0.5, 0.6) is 0 Å². The van der Waals surface area contributed by atoms with Crippen LogP contribution in [-0.2, 0) is 4.74 Å². The van der Waals surface area contributed by atoms with E-state index in [0.29, 0.717) is 31.3 Å². The van der Waals surface area contributed by atoms with E-state index in [2.05, 4.69) is 0 Å². The van der Waals surface area contributed by atoms with Crippen molar-refractivity contribution < 1.29 is 18.7 Å². The van der Waals surface area contributed by atoms with Gasteiger partial charge in [-0.15, -0.1) is 0 Å². The number of Topliss-reactive ketones (excluding diaryl/α,β-unsaturated/α-hetero) is 1. The number of ketones is 1. The van der Waals surface area contributed by atoms with Gasteiger partial charge in [0.05, 0.1) is 12.8 Å². The molecule has 1 aromatic rings. The van der Waals surface area contributed by atoms with Gasteiger partial charge >= 0.3 is 6.09 Å². The third-order valence-electron chi connectivity index (χ3n) is 4.05. The minimum atomic E-state index is -0.458. The van der Waals surface area contributed by atoms with Crippen molar-refractivity contribution in [2.75, 3.05) is 33.2 Å². The average Bonchev–Trinajstić information content (AvgIpc) is 3.00. The number of hydrogen-bond acceptors (Lipinski definition) is 5. The molecule has 0 atom stereocenters. The van der Waals surface area contributed by atoms with Gasteiger partial charge in [0.1, 0.15) is 5.60 Å². The van der Waals surface area contributed by atoms with E-state index in [-0.39, 0.29) is 11.9 Å². The first kappa shape index (κ1) is 18.5. The molecule has 1 saturated heterocycles. The maximum atomic E-state index is 12.1. The summed E-state index contributed by atoms with van der Waals surface area (Å²) in [5.41, 5.74) is -0.458. The number of rotatable bonds is 5. The molecule has 0 saturated carbocycles. The van der Waals surface area contributed by atoms with Crippen molar-refractivity contribution >= 4 is 11.9 Å². The normalized spacial score (nSPS) is 16.5. The monoisotopic (exact) mass is 336 g/mol. The van der Waals surface area contributed by atoms with Crippen molar-refractivity contribution in [3.05, 3.63) is 24.2 Å². The van der Waals surface area contributed by atoms with Crippen LogP contribution >= 0.6 is 0 Å². The smallest absolute Gasteiger partial charge is 0.410 e. The molecule has 1 aromatic heterocycles. The molecule has 0 bridgehead atoms. The van der Waals surface area contributed by atoms with Crippen molar-refractivity contribution in [3.63, 3.8) is 0 Å². The van der Waals surface area contributed by atoms with E-state index in [0.717, 1.165) is 19.4 Å². The number of likely N-dealkylation sites (N-methyl/N-ethyl adjacent to an activating group) is 1. The molecule has 1 aliphatic rings. The molecule has 134 valence electrons. The molecule has 24 heavy (non-hydrogen) atoms. The molecule has 2 rings (SSSR count). The highest BCUT2D eigenvalue weighted by molar-refractivity contribution is 5.94. The van der Waals surface area contributed by atoms with Crippen molar-refractivity contribution in [1.29, 1.82) is 0 Å². The second-order valence-corrected chi connectivity index (χ2v) is 7.51. The van der Waals surface area contributed by atoms with Gasteiger partial charge in [0.2, 0.25) is 5.78 Å². The van der Waals surface area contributed by atoms with Gasteiger partial charge in [-0.2, -0.15) is 0 Å². The van der Waals surface area contributed by atoms with Crippen molar-refractivity contribution in [3.8, 4) is 0 Å². The first-order valence-electron chi connectivity index (χ1n) is 8.48. The predicted octanol–water partition coefficient (Wildman–Crippen LogP) is 3.04. The quantitative estimate of drug-likeness (QED) is 0.773. The van der Waals surface area contributed by atoms with Crippen LogP contribution in [0.4, 0.5) is 4.79 Å². The highest BCUT2D eigenvalue weighted by Gasteiger charge is 2.27. The molecule has 0 spiro atoms. The van der Waals surface area contributed by atoms with E-state index in [1.807, 2.05) is 32.7 Å². The van der Waals surface area contributed by atoms with Crippen LogP contribution in [0.3, 0.4) is 0 Å². The number of carbonyl (C=O) groups excluding carboxylic acids is 2. The van der Waals surface area contributed by atoms with Gasteiger partial charge in [0.25, 0.3) is 0 Å². The lowest BCUT2D eigenvalue weighted by Gasteiger charge is -2.34. The third kappa shape index (κ3) is 5.67. The zero-order valence-electron chi connectivity index (χ0n) is 15.1. The molecular formula is C18H28N2O4. The highest BCUT2D eigenvalue weighted by atomic mass is 16.6. The Bertz CT molecular complexity index is 540. The molecule has 0 aliphatic carbocycles. The van der Waals surface area contributed by atoms with Crippen molar-refractivity contribution in [2.45, 2.75) is 39.2 Å². The molecule has 2 heterocycles. The van der Waals surface area contributed by atoms with Crippen molar-refractivity contribution in [1.82, 2.24) is 9.80 Å². The largest absolute Gasteiger partial charge is 0.461 e. The topological polar surface area (TPSA) is 63.0 Å². The number of amides is 1. The Morgan fingerprint density at radius 1 is 1.33 bits per heavy atom. The number of ether oxygens (including phenoxy) is 1. The summed E-state index contributed by atoms with van der Waals surface area (Å²) >= 11 is 0. The van der Waals surface area contributed by atoms with Crippen LogP contribution in [-0.4, -0.2) is 60.5 Å². The zero-order valence-corrected chi connectivity index (χ0v) is 15.1. The third-order valence-corrected chi connectivity index (χ3v) is 4.05. The maximum Gasteiger partial charge on any atom is 0.410 e. The first-order chi connectivity index (χ1) is 11.2. The van der Waals surface area contributed by atoms with E-state index >= 15 is 0 Å². The number of nitrogens with zero attached hydrogens (tertiary/aromatic N) is 2. The molecule has 1 fully saturated rings. The van der Waals surface area contributed by atoms with Crippen LogP contribution < -0.4 is 0 Å². The number of carbonyl (C=O) groups is 2. The fourth-order valence-electron chi connectivity index (χ4n) is 2.89. The van der Waals surface area contributed by atoms with E-state index in [9.17, 15) is 9.59 Å².